The smallest absolute Gasteiger partial charge is 0.252 e. The molecule has 0 saturated carbocycles. The van der Waals surface area contributed by atoms with Gasteiger partial charge in [-0.3, -0.25) is 4.79 Å². The molecule has 1 amide bonds. The predicted octanol–water partition coefficient (Wildman–Crippen LogP) is 7.57. The highest BCUT2D eigenvalue weighted by Crippen LogP contribution is 2.30. The Labute approximate surface area is 218 Å². The Balaban J connectivity index is 1.38. The second kappa shape index (κ2) is 11.9. The molecule has 0 unspecified atom stereocenters. The number of carbonyl (C=O) groups is 1. The lowest BCUT2D eigenvalue weighted by molar-refractivity contribution is 0.0954. The van der Waals surface area contributed by atoms with Crippen LogP contribution in [0, 0.1) is 0 Å². The van der Waals surface area contributed by atoms with Crippen LogP contribution in [0.2, 0.25) is 0 Å². The normalized spacial score (nSPS) is 10.6. The van der Waals surface area contributed by atoms with E-state index in [0.29, 0.717) is 24.5 Å². The van der Waals surface area contributed by atoms with Crippen LogP contribution in [0.15, 0.2) is 133 Å². The van der Waals surface area contributed by atoms with Crippen LogP contribution in [0.5, 0.6) is 5.75 Å². The molecule has 3 nitrogen and oxygen atoms in total. The SMILES string of the molecule is O=C(NCCc1ccccc1)c1cc(OCc2ccccc2)ccc1-c1ccc(-c2ccccc2)cc1. The fraction of sp³-hybridized carbons (Fsp3) is 0.0882. The maximum Gasteiger partial charge on any atom is 0.252 e. The van der Waals surface area contributed by atoms with Crippen molar-refractivity contribution in [3.05, 3.63) is 150 Å². The van der Waals surface area contributed by atoms with E-state index >= 15 is 0 Å². The topological polar surface area (TPSA) is 38.3 Å². The summed E-state index contributed by atoms with van der Waals surface area (Å²) in [4.78, 5) is 13.4. The monoisotopic (exact) mass is 483 g/mol. The molecular formula is C34H29NO2. The second-order valence-electron chi connectivity index (χ2n) is 8.92. The number of hydrogen-bond acceptors (Lipinski definition) is 2. The van der Waals surface area contributed by atoms with Crippen molar-refractivity contribution in [2.75, 3.05) is 6.54 Å². The Morgan fingerprint density at radius 2 is 1.16 bits per heavy atom. The number of amides is 1. The Hall–Kier alpha value is -4.63. The maximum absolute atomic E-state index is 13.4. The van der Waals surface area contributed by atoms with Crippen LogP contribution in [0.4, 0.5) is 0 Å². The molecule has 0 saturated heterocycles. The van der Waals surface area contributed by atoms with E-state index in [0.717, 1.165) is 34.2 Å². The average Bonchev–Trinajstić information content (AvgIpc) is 2.97. The lowest BCUT2D eigenvalue weighted by Crippen LogP contribution is -2.26. The first-order chi connectivity index (χ1) is 18.3. The van der Waals surface area contributed by atoms with Gasteiger partial charge in [0.25, 0.3) is 5.91 Å². The Morgan fingerprint density at radius 3 is 1.84 bits per heavy atom. The minimum atomic E-state index is -0.108. The molecule has 3 heteroatoms. The van der Waals surface area contributed by atoms with Gasteiger partial charge in [-0.25, -0.2) is 0 Å². The van der Waals surface area contributed by atoms with Gasteiger partial charge in [0.1, 0.15) is 12.4 Å². The number of ether oxygens (including phenoxy) is 1. The third-order valence-corrected chi connectivity index (χ3v) is 6.33. The van der Waals surface area contributed by atoms with Crippen molar-refractivity contribution in [2.45, 2.75) is 13.0 Å². The zero-order valence-corrected chi connectivity index (χ0v) is 20.6. The minimum absolute atomic E-state index is 0.108. The molecule has 0 aliphatic carbocycles. The Kier molecular flexibility index (Phi) is 7.73. The summed E-state index contributed by atoms with van der Waals surface area (Å²) in [6, 6.07) is 44.6. The van der Waals surface area contributed by atoms with E-state index in [-0.39, 0.29) is 5.91 Å². The van der Waals surface area contributed by atoms with Crippen LogP contribution in [-0.4, -0.2) is 12.5 Å². The second-order valence-corrected chi connectivity index (χ2v) is 8.92. The molecule has 1 N–H and O–H groups in total. The Bertz CT molecular complexity index is 1430. The summed E-state index contributed by atoms with van der Waals surface area (Å²) in [7, 11) is 0. The molecule has 5 aromatic carbocycles. The van der Waals surface area contributed by atoms with Gasteiger partial charge in [-0.2, -0.15) is 0 Å². The molecule has 0 aliphatic heterocycles. The Morgan fingerprint density at radius 1 is 0.595 bits per heavy atom. The van der Waals surface area contributed by atoms with Crippen LogP contribution >= 0.6 is 0 Å². The predicted molar refractivity (Wildman–Crippen MR) is 151 cm³/mol. The number of hydrogen-bond donors (Lipinski definition) is 1. The zero-order valence-electron chi connectivity index (χ0n) is 20.6. The van der Waals surface area contributed by atoms with Crippen LogP contribution in [-0.2, 0) is 13.0 Å². The molecule has 0 bridgehead atoms. The van der Waals surface area contributed by atoms with E-state index in [1.54, 1.807) is 0 Å². The van der Waals surface area contributed by atoms with Crippen LogP contribution in [0.3, 0.4) is 0 Å². The van der Waals surface area contributed by atoms with Crippen molar-refractivity contribution in [1.82, 2.24) is 5.32 Å². The van der Waals surface area contributed by atoms with E-state index < -0.39 is 0 Å². The minimum Gasteiger partial charge on any atom is -0.489 e. The third kappa shape index (κ3) is 6.33. The van der Waals surface area contributed by atoms with Crippen LogP contribution < -0.4 is 10.1 Å². The fourth-order valence-electron chi connectivity index (χ4n) is 4.33. The lowest BCUT2D eigenvalue weighted by Gasteiger charge is -2.14. The van der Waals surface area contributed by atoms with Crippen LogP contribution in [0.1, 0.15) is 21.5 Å². The molecule has 5 rings (SSSR count). The summed E-state index contributed by atoms with van der Waals surface area (Å²) in [6.45, 7) is 1.01. The number of rotatable bonds is 9. The highest BCUT2D eigenvalue weighted by atomic mass is 16.5. The van der Waals surface area contributed by atoms with Crippen molar-refractivity contribution in [2.24, 2.45) is 0 Å². The van der Waals surface area contributed by atoms with E-state index in [1.165, 1.54) is 5.56 Å². The molecule has 5 aromatic rings. The van der Waals surface area contributed by atoms with Gasteiger partial charge < -0.3 is 10.1 Å². The van der Waals surface area contributed by atoms with E-state index in [1.807, 2.05) is 84.9 Å². The lowest BCUT2D eigenvalue weighted by atomic mass is 9.96. The molecule has 37 heavy (non-hydrogen) atoms. The number of benzene rings is 5. The largest absolute Gasteiger partial charge is 0.489 e. The van der Waals surface area contributed by atoms with Gasteiger partial charge in [-0.1, -0.05) is 115 Å². The fourth-order valence-corrected chi connectivity index (χ4v) is 4.33. The van der Waals surface area contributed by atoms with Crippen molar-refractivity contribution in [3.8, 4) is 28.0 Å². The summed E-state index contributed by atoms with van der Waals surface area (Å²) in [5.41, 5.74) is 7.05. The van der Waals surface area contributed by atoms with Gasteiger partial charge in [-0.05, 0) is 58.0 Å². The molecule has 0 spiro atoms. The van der Waals surface area contributed by atoms with Gasteiger partial charge in [0, 0.05) is 6.54 Å². The molecular weight excluding hydrogens is 454 g/mol. The zero-order chi connectivity index (χ0) is 25.3. The summed E-state index contributed by atoms with van der Waals surface area (Å²) < 4.78 is 6.04. The van der Waals surface area contributed by atoms with Gasteiger partial charge >= 0.3 is 0 Å². The van der Waals surface area contributed by atoms with Crippen molar-refractivity contribution in [1.29, 1.82) is 0 Å². The maximum atomic E-state index is 13.4. The van der Waals surface area contributed by atoms with E-state index in [4.69, 9.17) is 4.74 Å². The summed E-state index contributed by atoms with van der Waals surface area (Å²) in [6.07, 6.45) is 0.776. The average molecular weight is 484 g/mol. The number of nitrogens with one attached hydrogen (secondary N) is 1. The molecule has 0 fully saturated rings. The van der Waals surface area contributed by atoms with E-state index in [9.17, 15) is 4.79 Å². The van der Waals surface area contributed by atoms with Gasteiger partial charge in [0.2, 0.25) is 0 Å². The van der Waals surface area contributed by atoms with Gasteiger partial charge in [-0.15, -0.1) is 0 Å². The summed E-state index contributed by atoms with van der Waals surface area (Å²) in [5.74, 6) is 0.560. The van der Waals surface area contributed by atoms with Crippen molar-refractivity contribution >= 4 is 5.91 Å². The molecule has 0 radical (unpaired) electrons. The van der Waals surface area contributed by atoms with Crippen molar-refractivity contribution < 1.29 is 9.53 Å². The molecule has 0 heterocycles. The van der Waals surface area contributed by atoms with E-state index in [2.05, 4.69) is 53.8 Å². The standard InChI is InChI=1S/C34H29NO2/c36-34(35-23-22-26-10-4-1-5-11-26)33-24-31(37-25-27-12-6-2-7-13-27)20-21-32(33)30-18-16-29(17-19-30)28-14-8-3-9-15-28/h1-21,24H,22-23,25H2,(H,35,36). The molecule has 182 valence electrons. The van der Waals surface area contributed by atoms with Gasteiger partial charge in [0.15, 0.2) is 0 Å². The highest BCUT2D eigenvalue weighted by molar-refractivity contribution is 6.01. The summed E-state index contributed by atoms with van der Waals surface area (Å²) >= 11 is 0. The first-order valence-corrected chi connectivity index (χ1v) is 12.5. The third-order valence-electron chi connectivity index (χ3n) is 6.33. The quantitative estimate of drug-likeness (QED) is 0.235. The highest BCUT2D eigenvalue weighted by Gasteiger charge is 2.15. The molecule has 0 atom stereocenters. The van der Waals surface area contributed by atoms with Crippen molar-refractivity contribution in [3.63, 3.8) is 0 Å². The molecule has 0 aromatic heterocycles. The van der Waals surface area contributed by atoms with Crippen LogP contribution in [0.25, 0.3) is 22.3 Å². The number of carbonyl (C=O) groups excluding carboxylic acids is 1. The first kappa shape index (κ1) is 24.1. The molecule has 0 aliphatic rings. The first-order valence-electron chi connectivity index (χ1n) is 12.5. The summed E-state index contributed by atoms with van der Waals surface area (Å²) in [5, 5.41) is 3.10. The van der Waals surface area contributed by atoms with Gasteiger partial charge in [0.05, 0.1) is 5.56 Å².